The fourth-order valence-corrected chi connectivity index (χ4v) is 2.42. The van der Waals surface area contributed by atoms with Gasteiger partial charge in [0.2, 0.25) is 5.91 Å². The predicted octanol–water partition coefficient (Wildman–Crippen LogP) is 0.573. The molecule has 0 spiro atoms. The summed E-state index contributed by atoms with van der Waals surface area (Å²) in [6.45, 7) is 6.60. The summed E-state index contributed by atoms with van der Waals surface area (Å²) in [5.41, 5.74) is 0. The van der Waals surface area contributed by atoms with Gasteiger partial charge in [-0.05, 0) is 32.7 Å². The third-order valence-electron chi connectivity index (χ3n) is 3.97. The van der Waals surface area contributed by atoms with Gasteiger partial charge in [0.1, 0.15) is 0 Å². The van der Waals surface area contributed by atoms with Crippen LogP contribution in [0.15, 0.2) is 0 Å². The van der Waals surface area contributed by atoms with Crippen molar-refractivity contribution in [3.8, 4) is 0 Å². The van der Waals surface area contributed by atoms with E-state index in [1.807, 2.05) is 23.8 Å². The Hall–Kier alpha value is -0.650. The average Bonchev–Trinajstić information content (AvgIpc) is 2.38. The van der Waals surface area contributed by atoms with Crippen LogP contribution in [-0.2, 0) is 9.53 Å². The molecule has 1 amide bonds. The van der Waals surface area contributed by atoms with Gasteiger partial charge in [0.15, 0.2) is 0 Å². The average molecular weight is 272 g/mol. The normalized spacial score (nSPS) is 20.6. The molecule has 0 aromatic heterocycles. The summed E-state index contributed by atoms with van der Waals surface area (Å²) in [6, 6.07) is -0.195. The predicted molar refractivity (Wildman–Crippen MR) is 75.0 cm³/mol. The van der Waals surface area contributed by atoms with E-state index in [9.17, 15) is 9.90 Å². The fraction of sp³-hybridized carbons (Fsp3) is 0.929. The standard InChI is InChI=1S/C14H28N2O3/c1-11-5-7-16(8-6-11)14(18)12(2)15(3)9-13(17)10-19-4/h11-13,17H,5-10H2,1-4H3/t12-,13+/m1/s1. The van der Waals surface area contributed by atoms with E-state index in [2.05, 4.69) is 6.92 Å². The first kappa shape index (κ1) is 16.4. The van der Waals surface area contributed by atoms with Gasteiger partial charge in [-0.3, -0.25) is 9.69 Å². The topological polar surface area (TPSA) is 53.0 Å². The van der Waals surface area contributed by atoms with Crippen molar-refractivity contribution in [1.82, 2.24) is 9.80 Å². The molecule has 0 aromatic rings. The van der Waals surface area contributed by atoms with Gasteiger partial charge in [-0.15, -0.1) is 0 Å². The second kappa shape index (κ2) is 7.82. The minimum atomic E-state index is -0.549. The first-order valence-corrected chi connectivity index (χ1v) is 7.11. The Kier molecular flexibility index (Phi) is 6.75. The van der Waals surface area contributed by atoms with Gasteiger partial charge in [-0.2, -0.15) is 0 Å². The number of ether oxygens (including phenoxy) is 1. The van der Waals surface area contributed by atoms with E-state index in [1.165, 1.54) is 0 Å². The molecule has 0 aromatic carbocycles. The van der Waals surface area contributed by atoms with Gasteiger partial charge in [-0.1, -0.05) is 6.92 Å². The smallest absolute Gasteiger partial charge is 0.239 e. The van der Waals surface area contributed by atoms with Crippen molar-refractivity contribution in [2.24, 2.45) is 5.92 Å². The zero-order chi connectivity index (χ0) is 14.4. The number of aliphatic hydroxyl groups excluding tert-OH is 1. The minimum Gasteiger partial charge on any atom is -0.389 e. The van der Waals surface area contributed by atoms with Gasteiger partial charge < -0.3 is 14.7 Å². The number of hydrogen-bond donors (Lipinski definition) is 1. The van der Waals surface area contributed by atoms with Crippen LogP contribution >= 0.6 is 0 Å². The zero-order valence-corrected chi connectivity index (χ0v) is 12.6. The number of methoxy groups -OCH3 is 1. The number of hydrogen-bond acceptors (Lipinski definition) is 4. The highest BCUT2D eigenvalue weighted by Gasteiger charge is 2.27. The number of amides is 1. The van der Waals surface area contributed by atoms with Crippen LogP contribution in [-0.4, -0.2) is 73.4 Å². The van der Waals surface area contributed by atoms with Crippen molar-refractivity contribution in [1.29, 1.82) is 0 Å². The molecule has 1 aliphatic rings. The number of carbonyl (C=O) groups is 1. The number of likely N-dealkylation sites (tertiary alicyclic amines) is 1. The molecule has 1 heterocycles. The summed E-state index contributed by atoms with van der Waals surface area (Å²) in [5, 5.41) is 9.70. The summed E-state index contributed by atoms with van der Waals surface area (Å²) in [7, 11) is 3.43. The van der Waals surface area contributed by atoms with Gasteiger partial charge >= 0.3 is 0 Å². The van der Waals surface area contributed by atoms with Gasteiger partial charge in [-0.25, -0.2) is 0 Å². The molecule has 0 aliphatic carbocycles. The van der Waals surface area contributed by atoms with E-state index in [1.54, 1.807) is 7.11 Å². The quantitative estimate of drug-likeness (QED) is 0.768. The summed E-state index contributed by atoms with van der Waals surface area (Å²) in [6.07, 6.45) is 1.63. The lowest BCUT2D eigenvalue weighted by Crippen LogP contribution is -2.50. The second-order valence-electron chi connectivity index (χ2n) is 5.73. The Morgan fingerprint density at radius 3 is 2.58 bits per heavy atom. The van der Waals surface area contributed by atoms with E-state index in [0.717, 1.165) is 31.8 Å². The van der Waals surface area contributed by atoms with Crippen LogP contribution < -0.4 is 0 Å². The van der Waals surface area contributed by atoms with E-state index in [0.29, 0.717) is 13.2 Å². The molecule has 19 heavy (non-hydrogen) atoms. The lowest BCUT2D eigenvalue weighted by Gasteiger charge is -2.35. The van der Waals surface area contributed by atoms with Crippen LogP contribution in [0.25, 0.3) is 0 Å². The van der Waals surface area contributed by atoms with Crippen LogP contribution in [0.5, 0.6) is 0 Å². The van der Waals surface area contributed by atoms with E-state index < -0.39 is 6.10 Å². The fourth-order valence-electron chi connectivity index (χ4n) is 2.42. The Labute approximate surface area is 116 Å². The molecule has 112 valence electrons. The molecule has 0 saturated carbocycles. The lowest BCUT2D eigenvalue weighted by molar-refractivity contribution is -0.137. The van der Waals surface area contributed by atoms with Crippen molar-refractivity contribution < 1.29 is 14.6 Å². The maximum atomic E-state index is 12.4. The van der Waals surface area contributed by atoms with Crippen molar-refractivity contribution in [3.63, 3.8) is 0 Å². The maximum absolute atomic E-state index is 12.4. The number of nitrogens with zero attached hydrogens (tertiary/aromatic N) is 2. The second-order valence-corrected chi connectivity index (χ2v) is 5.73. The van der Waals surface area contributed by atoms with Gasteiger partial charge in [0.05, 0.1) is 18.8 Å². The highest BCUT2D eigenvalue weighted by molar-refractivity contribution is 5.81. The van der Waals surface area contributed by atoms with Crippen LogP contribution in [0, 0.1) is 5.92 Å². The molecule has 1 rings (SSSR count). The molecule has 5 nitrogen and oxygen atoms in total. The third kappa shape index (κ3) is 5.09. The lowest BCUT2D eigenvalue weighted by atomic mass is 9.99. The third-order valence-corrected chi connectivity index (χ3v) is 3.97. The molecular weight excluding hydrogens is 244 g/mol. The molecule has 0 unspecified atom stereocenters. The number of aliphatic hydroxyl groups is 1. The monoisotopic (exact) mass is 272 g/mol. The Bertz CT molecular complexity index is 278. The van der Waals surface area contributed by atoms with Crippen molar-refractivity contribution >= 4 is 5.91 Å². The molecule has 5 heteroatoms. The summed E-state index contributed by atoms with van der Waals surface area (Å²) >= 11 is 0. The molecule has 2 atom stereocenters. The molecular formula is C14H28N2O3. The minimum absolute atomic E-state index is 0.166. The Morgan fingerprint density at radius 1 is 1.47 bits per heavy atom. The molecule has 1 N–H and O–H groups in total. The van der Waals surface area contributed by atoms with Crippen molar-refractivity contribution in [2.75, 3.05) is 40.4 Å². The van der Waals surface area contributed by atoms with E-state index >= 15 is 0 Å². The number of likely N-dealkylation sites (N-methyl/N-ethyl adjacent to an activating group) is 1. The maximum Gasteiger partial charge on any atom is 0.239 e. The van der Waals surface area contributed by atoms with Crippen LogP contribution in [0.2, 0.25) is 0 Å². The highest BCUT2D eigenvalue weighted by Crippen LogP contribution is 2.17. The number of piperidine rings is 1. The molecule has 1 saturated heterocycles. The van der Waals surface area contributed by atoms with Gasteiger partial charge in [0.25, 0.3) is 0 Å². The summed E-state index contributed by atoms with van der Waals surface area (Å²) < 4.78 is 4.90. The number of carbonyl (C=O) groups excluding carboxylic acids is 1. The first-order chi connectivity index (χ1) is 8.95. The molecule has 0 radical (unpaired) electrons. The summed E-state index contributed by atoms with van der Waals surface area (Å²) in [5.74, 6) is 0.889. The van der Waals surface area contributed by atoms with E-state index in [4.69, 9.17) is 4.74 Å². The Morgan fingerprint density at radius 2 is 2.05 bits per heavy atom. The first-order valence-electron chi connectivity index (χ1n) is 7.11. The molecule has 0 bridgehead atoms. The van der Waals surface area contributed by atoms with E-state index in [-0.39, 0.29) is 11.9 Å². The largest absolute Gasteiger partial charge is 0.389 e. The molecule has 1 aliphatic heterocycles. The van der Waals surface area contributed by atoms with Crippen LogP contribution in [0.4, 0.5) is 0 Å². The Balaban J connectivity index is 2.42. The van der Waals surface area contributed by atoms with Crippen molar-refractivity contribution in [3.05, 3.63) is 0 Å². The van der Waals surface area contributed by atoms with Crippen LogP contribution in [0.1, 0.15) is 26.7 Å². The highest BCUT2D eigenvalue weighted by atomic mass is 16.5. The molecule has 1 fully saturated rings. The number of rotatable bonds is 6. The zero-order valence-electron chi connectivity index (χ0n) is 12.6. The van der Waals surface area contributed by atoms with Crippen molar-refractivity contribution in [2.45, 2.75) is 38.8 Å². The SMILES string of the molecule is COC[C@@H](O)CN(C)[C@H](C)C(=O)N1CCC(C)CC1. The van der Waals surface area contributed by atoms with Crippen LogP contribution in [0.3, 0.4) is 0 Å². The van der Waals surface area contributed by atoms with Gasteiger partial charge in [0, 0.05) is 26.7 Å². The summed E-state index contributed by atoms with van der Waals surface area (Å²) in [4.78, 5) is 16.2.